The number of allylic oxidation sites excluding steroid dienone is 1. The third kappa shape index (κ3) is 11.4. The first kappa shape index (κ1) is 39.6. The third-order valence-corrected chi connectivity index (χ3v) is 9.24. The Bertz CT molecular complexity index is 2040. The maximum atomic E-state index is 14.0. The van der Waals surface area contributed by atoms with Gasteiger partial charge in [0.25, 0.3) is 16.0 Å². The third-order valence-electron chi connectivity index (χ3n) is 7.89. The molecule has 0 aliphatic heterocycles. The highest BCUT2D eigenvalue weighted by Gasteiger charge is 2.33. The highest BCUT2D eigenvalue weighted by atomic mass is 35.5. The van der Waals surface area contributed by atoms with Crippen LogP contribution in [-0.4, -0.2) is 37.1 Å². The van der Waals surface area contributed by atoms with E-state index in [9.17, 15) is 31.2 Å². The van der Waals surface area contributed by atoms with Gasteiger partial charge in [0.15, 0.2) is 0 Å². The van der Waals surface area contributed by atoms with Crippen molar-refractivity contribution in [1.82, 2.24) is 5.32 Å². The topological polar surface area (TPSA) is 113 Å². The second kappa shape index (κ2) is 16.0. The monoisotopic (exact) mass is 760 g/mol. The number of benzene rings is 4. The Labute approximate surface area is 305 Å². The molecule has 0 bridgehead atoms. The molecule has 0 aromatic heterocycles. The lowest BCUT2D eigenvalue weighted by Crippen LogP contribution is -2.28. The van der Waals surface area contributed by atoms with Crippen LogP contribution in [0.15, 0.2) is 84.9 Å². The minimum Gasteiger partial charge on any atom is -0.351 e. The summed E-state index contributed by atoms with van der Waals surface area (Å²) in [5.41, 5.74) is 3.64. The molecule has 3 N–H and O–H groups in total. The predicted molar refractivity (Wildman–Crippen MR) is 197 cm³/mol. The van der Waals surface area contributed by atoms with E-state index in [4.69, 9.17) is 27.8 Å². The van der Waals surface area contributed by atoms with Crippen LogP contribution in [0.3, 0.4) is 0 Å². The Hall–Kier alpha value is -4.16. The molecular formula is C38H37Cl2F3N2O5S. The maximum Gasteiger partial charge on any atom is 0.417 e. The van der Waals surface area contributed by atoms with Crippen LogP contribution in [0, 0.1) is 12.3 Å². The fraction of sp³-hybridized carbons (Fsp3) is 0.263. The number of nitrogens with one attached hydrogen (secondary N) is 2. The lowest BCUT2D eigenvalue weighted by molar-refractivity contribution is -0.137. The molecule has 1 atom stereocenters. The van der Waals surface area contributed by atoms with Crippen LogP contribution in [0.2, 0.25) is 10.0 Å². The van der Waals surface area contributed by atoms with Crippen LogP contribution in [0.5, 0.6) is 0 Å². The first-order chi connectivity index (χ1) is 23.7. The second-order valence-corrected chi connectivity index (χ2v) is 15.6. The van der Waals surface area contributed by atoms with Gasteiger partial charge in [-0.3, -0.25) is 14.1 Å². The van der Waals surface area contributed by atoms with E-state index < -0.39 is 44.5 Å². The largest absolute Gasteiger partial charge is 0.417 e. The molecule has 0 aliphatic carbocycles. The van der Waals surface area contributed by atoms with Gasteiger partial charge in [0, 0.05) is 12.1 Å². The van der Waals surface area contributed by atoms with Gasteiger partial charge in [-0.25, -0.2) is 0 Å². The first-order valence-electron chi connectivity index (χ1n) is 15.8. The van der Waals surface area contributed by atoms with Gasteiger partial charge in [0.2, 0.25) is 5.91 Å². The Morgan fingerprint density at radius 1 is 0.902 bits per heavy atom. The number of halogens is 5. The molecular weight excluding hydrogens is 724 g/mol. The number of aryl methyl sites for hydroxylation is 1. The summed E-state index contributed by atoms with van der Waals surface area (Å²) in [6.45, 7) is 7.75. The van der Waals surface area contributed by atoms with Gasteiger partial charge in [-0.1, -0.05) is 98.6 Å². The van der Waals surface area contributed by atoms with Crippen molar-refractivity contribution in [1.29, 1.82) is 0 Å². The molecule has 13 heteroatoms. The van der Waals surface area contributed by atoms with Crippen molar-refractivity contribution in [2.45, 2.75) is 46.2 Å². The molecule has 270 valence electrons. The van der Waals surface area contributed by atoms with Crippen LogP contribution in [0.25, 0.3) is 17.2 Å². The zero-order chi connectivity index (χ0) is 37.7. The highest BCUT2D eigenvalue weighted by Crippen LogP contribution is 2.39. The second-order valence-electron chi connectivity index (χ2n) is 13.2. The van der Waals surface area contributed by atoms with E-state index in [0.717, 1.165) is 22.8 Å². The van der Waals surface area contributed by atoms with E-state index in [1.165, 1.54) is 12.1 Å². The minimum atomic E-state index is -4.60. The van der Waals surface area contributed by atoms with Crippen LogP contribution >= 0.6 is 23.2 Å². The number of anilines is 1. The molecule has 1 unspecified atom stereocenters. The number of hydrogen-bond donors (Lipinski definition) is 3. The maximum absolute atomic E-state index is 14.0. The number of carbonyl (C=O) groups is 2. The van der Waals surface area contributed by atoms with Crippen LogP contribution in [0.4, 0.5) is 18.9 Å². The summed E-state index contributed by atoms with van der Waals surface area (Å²) >= 11 is 12.6. The average molecular weight is 762 g/mol. The fourth-order valence-electron chi connectivity index (χ4n) is 5.19. The fourth-order valence-corrected chi connectivity index (χ4v) is 6.05. The number of alkyl halides is 3. The number of hydrogen-bond acceptors (Lipinski definition) is 4. The summed E-state index contributed by atoms with van der Waals surface area (Å²) in [7, 11) is -4.22. The molecule has 0 saturated carbocycles. The molecule has 7 nitrogen and oxygen atoms in total. The molecule has 0 aliphatic rings. The number of carbonyl (C=O) groups excluding carboxylic acids is 2. The Morgan fingerprint density at radius 2 is 1.55 bits per heavy atom. The molecule has 0 fully saturated rings. The molecule has 2 amide bonds. The quantitative estimate of drug-likeness (QED) is 0.132. The SMILES string of the molecule is Cc1cc(NC(=O)C(Cc2ccc(C(=O)NCCS(=O)(=O)O)cc2)c2ccc(C=CC(C)(C)C)cc2)c(Cl)cc1-c1ccc(C(F)(F)F)c(Cl)c1. The zero-order valence-electron chi connectivity index (χ0n) is 28.2. The van der Waals surface area contributed by atoms with Crippen molar-refractivity contribution in [3.8, 4) is 11.1 Å². The summed E-state index contributed by atoms with van der Waals surface area (Å²) in [5, 5.41) is 5.08. The van der Waals surface area contributed by atoms with Crippen molar-refractivity contribution in [2.75, 3.05) is 17.6 Å². The predicted octanol–water partition coefficient (Wildman–Crippen LogP) is 9.63. The van der Waals surface area contributed by atoms with Crippen LogP contribution in [-0.2, 0) is 27.5 Å². The smallest absolute Gasteiger partial charge is 0.351 e. The summed E-state index contributed by atoms with van der Waals surface area (Å²) in [4.78, 5) is 26.5. The van der Waals surface area contributed by atoms with E-state index in [1.807, 2.05) is 30.3 Å². The van der Waals surface area contributed by atoms with Crippen molar-refractivity contribution in [3.63, 3.8) is 0 Å². The van der Waals surface area contributed by atoms with E-state index in [0.29, 0.717) is 22.4 Å². The molecule has 0 spiro atoms. The molecule has 0 radical (unpaired) electrons. The van der Waals surface area contributed by atoms with Gasteiger partial charge in [0.1, 0.15) is 0 Å². The minimum absolute atomic E-state index is 0.0214. The van der Waals surface area contributed by atoms with Gasteiger partial charge in [-0.2, -0.15) is 21.6 Å². The molecule has 51 heavy (non-hydrogen) atoms. The van der Waals surface area contributed by atoms with Gasteiger partial charge < -0.3 is 10.6 Å². The Balaban J connectivity index is 1.60. The van der Waals surface area contributed by atoms with Crippen molar-refractivity contribution >= 4 is 56.9 Å². The van der Waals surface area contributed by atoms with Crippen LogP contribution < -0.4 is 10.6 Å². The summed E-state index contributed by atoms with van der Waals surface area (Å²) in [6, 6.07) is 20.7. The average Bonchev–Trinajstić information content (AvgIpc) is 3.03. The molecule has 4 aromatic rings. The van der Waals surface area contributed by atoms with E-state index in [-0.39, 0.29) is 34.9 Å². The van der Waals surface area contributed by atoms with Gasteiger partial charge >= 0.3 is 6.18 Å². The zero-order valence-corrected chi connectivity index (χ0v) is 30.6. The molecule has 4 rings (SSSR count). The van der Waals surface area contributed by atoms with Gasteiger partial charge in [-0.15, -0.1) is 0 Å². The molecule has 0 saturated heterocycles. The van der Waals surface area contributed by atoms with Crippen LogP contribution in [0.1, 0.15) is 64.9 Å². The van der Waals surface area contributed by atoms with E-state index in [2.05, 4.69) is 37.5 Å². The summed E-state index contributed by atoms with van der Waals surface area (Å²) in [5.74, 6) is -2.21. The Morgan fingerprint density at radius 3 is 2.12 bits per heavy atom. The van der Waals surface area contributed by atoms with Gasteiger partial charge in [0.05, 0.1) is 33.0 Å². The van der Waals surface area contributed by atoms with Gasteiger partial charge in [-0.05, 0) is 88.5 Å². The van der Waals surface area contributed by atoms with E-state index >= 15 is 0 Å². The lowest BCUT2D eigenvalue weighted by Gasteiger charge is -2.20. The molecule has 4 aromatic carbocycles. The van der Waals surface area contributed by atoms with Crippen molar-refractivity contribution in [3.05, 3.63) is 128 Å². The standard InChI is InChI=1S/C38H37Cl2F3N2O5S/c1-23-19-34(33(40)22-29(23)28-13-14-31(32(39)21-28)38(41,42)43)45-36(47)30(26-9-5-24(6-10-26)15-16-37(2,3)4)20-25-7-11-27(12-8-25)35(46)44-17-18-51(48,49)50/h5-16,19,21-22,30H,17-18,20H2,1-4H3,(H,44,46)(H,45,47)(H,48,49,50). The van der Waals surface area contributed by atoms with E-state index in [1.54, 1.807) is 43.3 Å². The molecule has 0 heterocycles. The van der Waals surface area contributed by atoms with Crippen molar-refractivity contribution < 1.29 is 35.7 Å². The summed E-state index contributed by atoms with van der Waals surface area (Å²) < 4.78 is 70.6. The highest BCUT2D eigenvalue weighted by molar-refractivity contribution is 7.85. The number of amides is 2. The summed E-state index contributed by atoms with van der Waals surface area (Å²) in [6.07, 6.45) is -0.265. The first-order valence-corrected chi connectivity index (χ1v) is 18.2. The normalized spacial score (nSPS) is 12.9. The lowest BCUT2D eigenvalue weighted by atomic mass is 9.89. The van der Waals surface area contributed by atoms with Crippen molar-refractivity contribution in [2.24, 2.45) is 5.41 Å². The Kier molecular flexibility index (Phi) is 12.4. The number of rotatable bonds is 11.